The first-order valence-electron chi connectivity index (χ1n) is 6.54. The van der Waals surface area contributed by atoms with Crippen LogP contribution >= 0.6 is 23.2 Å². The van der Waals surface area contributed by atoms with Gasteiger partial charge in [0.05, 0.1) is 6.54 Å². The number of nitrogens with one attached hydrogen (secondary N) is 1. The molecular weight excluding hydrogens is 299 g/mol. The summed E-state index contributed by atoms with van der Waals surface area (Å²) in [5.41, 5.74) is 0.921. The van der Waals surface area contributed by atoms with Crippen molar-refractivity contribution in [1.29, 1.82) is 0 Å². The molecule has 1 aromatic carbocycles. The molecule has 0 bridgehead atoms. The molecule has 2 rings (SSSR count). The van der Waals surface area contributed by atoms with E-state index in [9.17, 15) is 9.59 Å². The highest BCUT2D eigenvalue weighted by Crippen LogP contribution is 2.22. The molecule has 0 aliphatic carbocycles. The van der Waals surface area contributed by atoms with Crippen LogP contribution in [0.15, 0.2) is 18.2 Å². The summed E-state index contributed by atoms with van der Waals surface area (Å²) in [4.78, 5) is 25.3. The number of amides is 2. The van der Waals surface area contributed by atoms with E-state index in [0.29, 0.717) is 29.4 Å². The van der Waals surface area contributed by atoms with Gasteiger partial charge in [-0.3, -0.25) is 9.59 Å². The molecule has 6 heteroatoms. The molecule has 0 aromatic heterocycles. The van der Waals surface area contributed by atoms with Crippen LogP contribution in [0.5, 0.6) is 0 Å². The van der Waals surface area contributed by atoms with Gasteiger partial charge in [-0.15, -0.1) is 0 Å². The van der Waals surface area contributed by atoms with Gasteiger partial charge < -0.3 is 10.2 Å². The molecule has 1 saturated heterocycles. The predicted octanol–water partition coefficient (Wildman–Crippen LogP) is 2.27. The van der Waals surface area contributed by atoms with Crippen molar-refractivity contribution in [2.75, 3.05) is 13.1 Å². The second kappa shape index (κ2) is 6.46. The third-order valence-electron chi connectivity index (χ3n) is 3.44. The number of benzene rings is 1. The van der Waals surface area contributed by atoms with E-state index in [2.05, 4.69) is 5.32 Å². The standard InChI is InChI=1S/C14H16Cl2N2O2/c1-2-12-14(20)17-8-13(19)18(12)6-5-9-3-4-10(15)7-11(9)16/h3-4,7,12H,2,5-6,8H2,1H3,(H,17,20). The second-order valence-corrected chi connectivity index (χ2v) is 5.56. The highest BCUT2D eigenvalue weighted by molar-refractivity contribution is 6.35. The van der Waals surface area contributed by atoms with Gasteiger partial charge in [-0.25, -0.2) is 0 Å². The number of piperazine rings is 1. The molecule has 0 spiro atoms. The number of hydrogen-bond acceptors (Lipinski definition) is 2. The Morgan fingerprint density at radius 2 is 2.10 bits per heavy atom. The van der Waals surface area contributed by atoms with Crippen LogP contribution < -0.4 is 5.32 Å². The maximum absolute atomic E-state index is 11.9. The van der Waals surface area contributed by atoms with Gasteiger partial charge in [0, 0.05) is 16.6 Å². The van der Waals surface area contributed by atoms with Crippen molar-refractivity contribution in [3.8, 4) is 0 Å². The topological polar surface area (TPSA) is 49.4 Å². The minimum absolute atomic E-state index is 0.0541. The fourth-order valence-electron chi connectivity index (χ4n) is 2.35. The van der Waals surface area contributed by atoms with Gasteiger partial charge in [-0.1, -0.05) is 36.2 Å². The number of carbonyl (C=O) groups is 2. The van der Waals surface area contributed by atoms with E-state index in [1.54, 1.807) is 17.0 Å². The first-order chi connectivity index (χ1) is 9.52. The summed E-state index contributed by atoms with van der Waals surface area (Å²) >= 11 is 12.0. The smallest absolute Gasteiger partial charge is 0.243 e. The van der Waals surface area contributed by atoms with E-state index in [0.717, 1.165) is 5.56 Å². The Bertz CT molecular complexity index is 534. The van der Waals surface area contributed by atoms with Crippen LogP contribution in [-0.2, 0) is 16.0 Å². The Labute approximate surface area is 128 Å². The molecule has 4 nitrogen and oxygen atoms in total. The average Bonchev–Trinajstić information content (AvgIpc) is 2.41. The molecular formula is C14H16Cl2N2O2. The lowest BCUT2D eigenvalue weighted by atomic mass is 10.1. The molecule has 1 aliphatic heterocycles. The second-order valence-electron chi connectivity index (χ2n) is 4.71. The summed E-state index contributed by atoms with van der Waals surface area (Å²) in [6.07, 6.45) is 1.21. The van der Waals surface area contributed by atoms with Crippen molar-refractivity contribution in [3.05, 3.63) is 33.8 Å². The van der Waals surface area contributed by atoms with Crippen molar-refractivity contribution < 1.29 is 9.59 Å². The van der Waals surface area contributed by atoms with Crippen LogP contribution in [0, 0.1) is 0 Å². The number of nitrogens with zero attached hydrogens (tertiary/aromatic N) is 1. The summed E-state index contributed by atoms with van der Waals surface area (Å²) < 4.78 is 0. The zero-order chi connectivity index (χ0) is 14.7. The molecule has 2 amide bonds. The van der Waals surface area contributed by atoms with Gasteiger partial charge in [0.25, 0.3) is 0 Å². The Morgan fingerprint density at radius 1 is 1.35 bits per heavy atom. The van der Waals surface area contributed by atoms with Gasteiger partial charge in [-0.05, 0) is 30.5 Å². The summed E-state index contributed by atoms with van der Waals surface area (Å²) in [5.74, 6) is -0.143. The molecule has 1 atom stereocenters. The van der Waals surface area contributed by atoms with Gasteiger partial charge in [0.1, 0.15) is 6.04 Å². The maximum Gasteiger partial charge on any atom is 0.243 e. The zero-order valence-corrected chi connectivity index (χ0v) is 12.7. The predicted molar refractivity (Wildman–Crippen MR) is 79.0 cm³/mol. The number of halogens is 2. The number of hydrogen-bond donors (Lipinski definition) is 1. The largest absolute Gasteiger partial charge is 0.345 e. The lowest BCUT2D eigenvalue weighted by Gasteiger charge is -2.34. The molecule has 1 heterocycles. The Hall–Kier alpha value is -1.26. The van der Waals surface area contributed by atoms with Crippen molar-refractivity contribution >= 4 is 35.0 Å². The number of rotatable bonds is 4. The molecule has 20 heavy (non-hydrogen) atoms. The molecule has 1 N–H and O–H groups in total. The molecule has 1 aliphatic rings. The average molecular weight is 315 g/mol. The van der Waals surface area contributed by atoms with E-state index < -0.39 is 0 Å². The fraction of sp³-hybridized carbons (Fsp3) is 0.429. The minimum atomic E-state index is -0.387. The van der Waals surface area contributed by atoms with Crippen LogP contribution in [0.25, 0.3) is 0 Å². The van der Waals surface area contributed by atoms with Crippen LogP contribution in [0.4, 0.5) is 0 Å². The van der Waals surface area contributed by atoms with E-state index >= 15 is 0 Å². The van der Waals surface area contributed by atoms with E-state index in [4.69, 9.17) is 23.2 Å². The van der Waals surface area contributed by atoms with Crippen LogP contribution in [0.2, 0.25) is 10.0 Å². The maximum atomic E-state index is 11.9. The summed E-state index contributed by atoms with van der Waals surface area (Å²) in [5, 5.41) is 3.77. The fourth-order valence-corrected chi connectivity index (χ4v) is 2.85. The molecule has 1 fully saturated rings. The van der Waals surface area contributed by atoms with Gasteiger partial charge in [0.2, 0.25) is 11.8 Å². The first kappa shape index (κ1) is 15.1. The highest BCUT2D eigenvalue weighted by atomic mass is 35.5. The monoisotopic (exact) mass is 314 g/mol. The lowest BCUT2D eigenvalue weighted by Crippen LogP contribution is -2.58. The molecule has 0 saturated carbocycles. The normalized spacial score (nSPS) is 19.1. The van der Waals surface area contributed by atoms with Crippen molar-refractivity contribution in [3.63, 3.8) is 0 Å². The van der Waals surface area contributed by atoms with Gasteiger partial charge in [-0.2, -0.15) is 0 Å². The molecule has 1 aromatic rings. The highest BCUT2D eigenvalue weighted by Gasteiger charge is 2.32. The minimum Gasteiger partial charge on any atom is -0.345 e. The van der Waals surface area contributed by atoms with Gasteiger partial charge >= 0.3 is 0 Å². The summed E-state index contributed by atoms with van der Waals surface area (Å²) in [7, 11) is 0. The molecule has 1 unspecified atom stereocenters. The molecule has 108 valence electrons. The third-order valence-corrected chi connectivity index (χ3v) is 4.02. The van der Waals surface area contributed by atoms with Crippen molar-refractivity contribution in [2.24, 2.45) is 0 Å². The Morgan fingerprint density at radius 3 is 2.75 bits per heavy atom. The Balaban J connectivity index is 2.07. The van der Waals surface area contributed by atoms with E-state index in [1.807, 2.05) is 13.0 Å². The third kappa shape index (κ3) is 3.25. The SMILES string of the molecule is CCC1C(=O)NCC(=O)N1CCc1ccc(Cl)cc1Cl. The van der Waals surface area contributed by atoms with E-state index in [-0.39, 0.29) is 24.4 Å². The van der Waals surface area contributed by atoms with Crippen LogP contribution in [-0.4, -0.2) is 35.8 Å². The van der Waals surface area contributed by atoms with Crippen molar-refractivity contribution in [2.45, 2.75) is 25.8 Å². The molecule has 0 radical (unpaired) electrons. The van der Waals surface area contributed by atoms with Crippen molar-refractivity contribution in [1.82, 2.24) is 10.2 Å². The quantitative estimate of drug-likeness (QED) is 0.927. The Kier molecular flexibility index (Phi) is 4.89. The van der Waals surface area contributed by atoms with Crippen LogP contribution in [0.3, 0.4) is 0 Å². The number of carbonyl (C=O) groups excluding carboxylic acids is 2. The summed E-state index contributed by atoms with van der Waals surface area (Å²) in [6, 6.07) is 4.91. The van der Waals surface area contributed by atoms with E-state index in [1.165, 1.54) is 0 Å². The lowest BCUT2D eigenvalue weighted by molar-refractivity contribution is -0.145. The van der Waals surface area contributed by atoms with Gasteiger partial charge in [0.15, 0.2) is 0 Å². The summed E-state index contributed by atoms with van der Waals surface area (Å²) in [6.45, 7) is 2.45. The first-order valence-corrected chi connectivity index (χ1v) is 7.29. The zero-order valence-electron chi connectivity index (χ0n) is 11.2. The van der Waals surface area contributed by atoms with Crippen LogP contribution in [0.1, 0.15) is 18.9 Å².